The lowest BCUT2D eigenvalue weighted by Crippen LogP contribution is -2.51. The maximum absolute atomic E-state index is 13.9. The summed E-state index contributed by atoms with van der Waals surface area (Å²) in [5.41, 5.74) is 1.84. The number of hydrogen-bond donors (Lipinski definition) is 0. The standard InChI is InChI=1S/C20H22F2N2O4S/c1-14-4-3-5-15(2)20(14)28-13-19(25)23-8-10-24(11-9-23)29(26,27)18-12-16(21)6-7-17(18)22/h3-7,12H,8-11,13H2,1-2H3. The number of sulfonamides is 1. The van der Waals surface area contributed by atoms with E-state index in [2.05, 4.69) is 0 Å². The summed E-state index contributed by atoms with van der Waals surface area (Å²) in [6, 6.07) is 8.00. The number of amides is 1. The molecule has 0 aromatic heterocycles. The minimum Gasteiger partial charge on any atom is -0.483 e. The van der Waals surface area contributed by atoms with Gasteiger partial charge in [0, 0.05) is 26.2 Å². The van der Waals surface area contributed by atoms with E-state index in [1.165, 1.54) is 4.90 Å². The van der Waals surface area contributed by atoms with E-state index in [-0.39, 0.29) is 38.7 Å². The Morgan fingerprint density at radius 1 is 1.03 bits per heavy atom. The molecule has 1 heterocycles. The Hall–Kier alpha value is -2.52. The molecule has 0 aliphatic carbocycles. The normalized spacial score (nSPS) is 15.4. The van der Waals surface area contributed by atoms with E-state index in [0.29, 0.717) is 11.8 Å². The Morgan fingerprint density at radius 3 is 2.28 bits per heavy atom. The van der Waals surface area contributed by atoms with Crippen molar-refractivity contribution in [1.82, 2.24) is 9.21 Å². The van der Waals surface area contributed by atoms with Gasteiger partial charge in [-0.15, -0.1) is 0 Å². The van der Waals surface area contributed by atoms with Gasteiger partial charge in [0.1, 0.15) is 22.3 Å². The second kappa shape index (κ2) is 8.46. The Morgan fingerprint density at radius 2 is 1.66 bits per heavy atom. The van der Waals surface area contributed by atoms with Crippen molar-refractivity contribution in [1.29, 1.82) is 0 Å². The zero-order chi connectivity index (χ0) is 21.2. The second-order valence-corrected chi connectivity index (χ2v) is 8.78. The minimum atomic E-state index is -4.18. The van der Waals surface area contributed by atoms with Crippen LogP contribution in [0.5, 0.6) is 5.75 Å². The molecule has 1 amide bonds. The number of halogens is 2. The van der Waals surface area contributed by atoms with E-state index < -0.39 is 26.6 Å². The summed E-state index contributed by atoms with van der Waals surface area (Å²) in [6.07, 6.45) is 0. The van der Waals surface area contributed by atoms with Gasteiger partial charge in [0.25, 0.3) is 5.91 Å². The zero-order valence-corrected chi connectivity index (χ0v) is 17.0. The number of rotatable bonds is 5. The number of ether oxygens (including phenoxy) is 1. The van der Waals surface area contributed by atoms with Crippen LogP contribution in [0.25, 0.3) is 0 Å². The van der Waals surface area contributed by atoms with Crippen LogP contribution in [0.1, 0.15) is 11.1 Å². The van der Waals surface area contributed by atoms with Crippen LogP contribution in [0.3, 0.4) is 0 Å². The van der Waals surface area contributed by atoms with Crippen LogP contribution in [0.2, 0.25) is 0 Å². The number of aryl methyl sites for hydroxylation is 2. The molecule has 3 rings (SSSR count). The van der Waals surface area contributed by atoms with Crippen molar-refractivity contribution < 1.29 is 26.7 Å². The van der Waals surface area contributed by atoms with E-state index in [1.54, 1.807) is 0 Å². The fraction of sp³-hybridized carbons (Fsp3) is 0.350. The third-order valence-corrected chi connectivity index (χ3v) is 6.76. The van der Waals surface area contributed by atoms with E-state index in [0.717, 1.165) is 27.6 Å². The van der Waals surface area contributed by atoms with Gasteiger partial charge in [0.2, 0.25) is 10.0 Å². The molecule has 1 fully saturated rings. The molecule has 0 saturated carbocycles. The van der Waals surface area contributed by atoms with Gasteiger partial charge in [-0.1, -0.05) is 18.2 Å². The summed E-state index contributed by atoms with van der Waals surface area (Å²) in [5.74, 6) is -1.44. The third kappa shape index (κ3) is 4.56. The number of carbonyl (C=O) groups excluding carboxylic acids is 1. The molecule has 9 heteroatoms. The Labute approximate surface area is 168 Å². The van der Waals surface area contributed by atoms with Gasteiger partial charge in [0.15, 0.2) is 6.61 Å². The molecule has 2 aromatic carbocycles. The summed E-state index contributed by atoms with van der Waals surface area (Å²) in [5, 5.41) is 0. The van der Waals surface area contributed by atoms with Crippen LogP contribution in [-0.4, -0.2) is 56.3 Å². The smallest absolute Gasteiger partial charge is 0.260 e. The van der Waals surface area contributed by atoms with E-state index in [9.17, 15) is 22.0 Å². The molecule has 2 aromatic rings. The average molecular weight is 424 g/mol. The van der Waals surface area contributed by atoms with Crippen LogP contribution in [0.15, 0.2) is 41.3 Å². The fourth-order valence-electron chi connectivity index (χ4n) is 3.24. The highest BCUT2D eigenvalue weighted by atomic mass is 32.2. The number of hydrogen-bond acceptors (Lipinski definition) is 4. The molecule has 0 bridgehead atoms. The SMILES string of the molecule is Cc1cccc(C)c1OCC(=O)N1CCN(S(=O)(=O)c2cc(F)ccc2F)CC1. The molecular formula is C20H22F2N2O4S. The fourth-order valence-corrected chi connectivity index (χ4v) is 4.74. The molecule has 29 heavy (non-hydrogen) atoms. The Bertz CT molecular complexity index is 999. The van der Waals surface area contributed by atoms with Gasteiger partial charge < -0.3 is 9.64 Å². The predicted molar refractivity (Wildman–Crippen MR) is 103 cm³/mol. The highest BCUT2D eigenvalue weighted by molar-refractivity contribution is 7.89. The highest BCUT2D eigenvalue weighted by Gasteiger charge is 2.32. The number of piperazine rings is 1. The number of nitrogens with zero attached hydrogens (tertiary/aromatic N) is 2. The first kappa shape index (κ1) is 21.2. The Kier molecular flexibility index (Phi) is 6.18. The maximum atomic E-state index is 13.9. The van der Waals surface area contributed by atoms with Crippen LogP contribution >= 0.6 is 0 Å². The lowest BCUT2D eigenvalue weighted by Gasteiger charge is -2.34. The topological polar surface area (TPSA) is 66.9 Å². The zero-order valence-electron chi connectivity index (χ0n) is 16.2. The molecule has 0 spiro atoms. The monoisotopic (exact) mass is 424 g/mol. The van der Waals surface area contributed by atoms with Crippen LogP contribution in [0.4, 0.5) is 8.78 Å². The minimum absolute atomic E-state index is 0.00653. The first-order valence-electron chi connectivity index (χ1n) is 9.12. The average Bonchev–Trinajstić information content (AvgIpc) is 2.69. The summed E-state index contributed by atoms with van der Waals surface area (Å²) in [4.78, 5) is 13.2. The first-order valence-corrected chi connectivity index (χ1v) is 10.6. The van der Waals surface area contributed by atoms with E-state index in [4.69, 9.17) is 4.74 Å². The van der Waals surface area contributed by atoms with Crippen LogP contribution < -0.4 is 4.74 Å². The van der Waals surface area contributed by atoms with Crippen molar-refractivity contribution in [2.45, 2.75) is 18.7 Å². The predicted octanol–water partition coefficient (Wildman–Crippen LogP) is 2.49. The lowest BCUT2D eigenvalue weighted by atomic mass is 10.1. The molecule has 6 nitrogen and oxygen atoms in total. The second-order valence-electron chi connectivity index (χ2n) is 6.87. The molecule has 0 atom stereocenters. The van der Waals surface area contributed by atoms with Gasteiger partial charge in [-0.25, -0.2) is 17.2 Å². The first-order chi connectivity index (χ1) is 13.7. The van der Waals surface area contributed by atoms with E-state index >= 15 is 0 Å². The summed E-state index contributed by atoms with van der Waals surface area (Å²) in [7, 11) is -4.18. The van der Waals surface area contributed by atoms with E-state index in [1.807, 2.05) is 32.0 Å². The third-order valence-electron chi connectivity index (χ3n) is 4.85. The number of carbonyl (C=O) groups is 1. The van der Waals surface area contributed by atoms with Crippen molar-refractivity contribution >= 4 is 15.9 Å². The molecular weight excluding hydrogens is 402 g/mol. The molecule has 156 valence electrons. The van der Waals surface area contributed by atoms with Gasteiger partial charge in [-0.3, -0.25) is 4.79 Å². The van der Waals surface area contributed by atoms with Crippen molar-refractivity contribution in [3.8, 4) is 5.75 Å². The highest BCUT2D eigenvalue weighted by Crippen LogP contribution is 2.23. The summed E-state index contributed by atoms with van der Waals surface area (Å²) < 4.78 is 59.2. The molecule has 0 radical (unpaired) electrons. The van der Waals surface area contributed by atoms with Crippen molar-refractivity contribution in [3.05, 3.63) is 59.2 Å². The number of benzene rings is 2. The van der Waals surface area contributed by atoms with Crippen LogP contribution in [0, 0.1) is 25.5 Å². The van der Waals surface area contributed by atoms with Crippen molar-refractivity contribution in [3.63, 3.8) is 0 Å². The summed E-state index contributed by atoms with van der Waals surface area (Å²) in [6.45, 7) is 3.90. The maximum Gasteiger partial charge on any atom is 0.260 e. The molecule has 1 aliphatic rings. The lowest BCUT2D eigenvalue weighted by molar-refractivity contribution is -0.134. The van der Waals surface area contributed by atoms with Gasteiger partial charge in [-0.05, 0) is 43.2 Å². The van der Waals surface area contributed by atoms with Crippen LogP contribution in [-0.2, 0) is 14.8 Å². The molecule has 0 unspecified atom stereocenters. The van der Waals surface area contributed by atoms with Gasteiger partial charge in [-0.2, -0.15) is 4.31 Å². The number of para-hydroxylation sites is 1. The summed E-state index contributed by atoms with van der Waals surface area (Å²) >= 11 is 0. The molecule has 0 N–H and O–H groups in total. The Balaban J connectivity index is 1.61. The largest absolute Gasteiger partial charge is 0.483 e. The van der Waals surface area contributed by atoms with Crippen molar-refractivity contribution in [2.24, 2.45) is 0 Å². The quantitative estimate of drug-likeness (QED) is 0.740. The van der Waals surface area contributed by atoms with Crippen molar-refractivity contribution in [2.75, 3.05) is 32.8 Å². The van der Waals surface area contributed by atoms with Gasteiger partial charge in [0.05, 0.1) is 0 Å². The molecule has 1 saturated heterocycles. The molecule has 1 aliphatic heterocycles. The van der Waals surface area contributed by atoms with Gasteiger partial charge >= 0.3 is 0 Å².